The van der Waals surface area contributed by atoms with Gasteiger partial charge in [-0.2, -0.15) is 0 Å². The molecule has 0 saturated heterocycles. The molecule has 21 heavy (non-hydrogen) atoms. The predicted molar refractivity (Wildman–Crippen MR) is 82.9 cm³/mol. The quantitative estimate of drug-likeness (QED) is 0.787. The lowest BCUT2D eigenvalue weighted by atomic mass is 10.3. The monoisotopic (exact) mass is 304 g/mol. The maximum absolute atomic E-state index is 13.1. The van der Waals surface area contributed by atoms with E-state index >= 15 is 0 Å². The lowest BCUT2D eigenvalue weighted by molar-refractivity contribution is 0.325. The van der Waals surface area contributed by atoms with Crippen molar-refractivity contribution in [3.8, 4) is 0 Å². The second-order valence-electron chi connectivity index (χ2n) is 5.19. The van der Waals surface area contributed by atoms with Gasteiger partial charge in [0.2, 0.25) is 0 Å². The number of halogens is 1. The summed E-state index contributed by atoms with van der Waals surface area (Å²) in [5, 5.41) is 3.19. The first kappa shape index (κ1) is 14.2. The van der Waals surface area contributed by atoms with E-state index in [1.807, 2.05) is 6.92 Å². The molecule has 0 spiro atoms. The van der Waals surface area contributed by atoms with Gasteiger partial charge in [-0.1, -0.05) is 0 Å². The lowest BCUT2D eigenvalue weighted by Crippen LogP contribution is -2.21. The normalized spacial score (nSPS) is 11.6. The number of likely N-dealkylation sites (N-methyl/N-ethyl adjacent to an activating group) is 1. The Morgan fingerprint density at radius 2 is 2.19 bits per heavy atom. The third kappa shape index (κ3) is 3.46. The molecule has 1 N–H and O–H groups in total. The van der Waals surface area contributed by atoms with E-state index in [0.717, 1.165) is 47.1 Å². The van der Waals surface area contributed by atoms with Crippen LogP contribution in [-0.2, 0) is 13.0 Å². The van der Waals surface area contributed by atoms with E-state index in [1.54, 1.807) is 17.4 Å². The van der Waals surface area contributed by atoms with Crippen molar-refractivity contribution in [1.29, 1.82) is 0 Å². The van der Waals surface area contributed by atoms with E-state index in [2.05, 4.69) is 32.3 Å². The molecule has 3 aromatic rings. The molecule has 1 aromatic carbocycles. The van der Waals surface area contributed by atoms with Crippen LogP contribution in [0.4, 0.5) is 4.39 Å². The Balaban J connectivity index is 1.60. The fourth-order valence-corrected chi connectivity index (χ4v) is 2.89. The van der Waals surface area contributed by atoms with Crippen LogP contribution in [0.5, 0.6) is 0 Å². The molecule has 0 unspecified atom stereocenters. The molecule has 2 aromatic heterocycles. The van der Waals surface area contributed by atoms with Gasteiger partial charge in [0, 0.05) is 24.9 Å². The Morgan fingerprint density at radius 1 is 1.33 bits per heavy atom. The summed E-state index contributed by atoms with van der Waals surface area (Å²) in [5.41, 5.74) is 2.67. The summed E-state index contributed by atoms with van der Waals surface area (Å²) in [6.45, 7) is 3.72. The number of aryl methyl sites for hydroxylation is 1. The maximum atomic E-state index is 13.1. The van der Waals surface area contributed by atoms with Crippen LogP contribution in [0.2, 0.25) is 0 Å². The third-order valence-corrected chi connectivity index (χ3v) is 4.14. The van der Waals surface area contributed by atoms with Crippen molar-refractivity contribution in [1.82, 2.24) is 19.9 Å². The number of fused-ring (bicyclic) bond motifs is 1. The molecule has 0 atom stereocenters. The topological polar surface area (TPSA) is 44.8 Å². The van der Waals surface area contributed by atoms with Gasteiger partial charge in [-0.25, -0.2) is 14.4 Å². The fourth-order valence-electron chi connectivity index (χ4n) is 2.29. The number of imidazole rings is 1. The molecule has 0 aliphatic heterocycles. The number of nitrogens with one attached hydrogen (secondary N) is 1. The van der Waals surface area contributed by atoms with Crippen LogP contribution in [-0.4, -0.2) is 33.4 Å². The van der Waals surface area contributed by atoms with Gasteiger partial charge < -0.3 is 9.88 Å². The van der Waals surface area contributed by atoms with Crippen LogP contribution >= 0.6 is 11.3 Å². The fraction of sp³-hybridized carbons (Fsp3) is 0.333. The SMILES string of the molecule is Cc1nc(CN(C)CCc2nc3ccc(F)cc3[nH]2)cs1. The number of nitrogens with zero attached hydrogens (tertiary/aromatic N) is 3. The summed E-state index contributed by atoms with van der Waals surface area (Å²) in [6, 6.07) is 4.61. The molecule has 0 fully saturated rings. The molecule has 0 aliphatic rings. The van der Waals surface area contributed by atoms with Crippen molar-refractivity contribution < 1.29 is 4.39 Å². The van der Waals surface area contributed by atoms with Crippen LogP contribution in [0.3, 0.4) is 0 Å². The smallest absolute Gasteiger partial charge is 0.125 e. The summed E-state index contributed by atoms with van der Waals surface area (Å²) in [6.07, 6.45) is 0.802. The lowest BCUT2D eigenvalue weighted by Gasteiger charge is -2.13. The molecule has 0 saturated carbocycles. The van der Waals surface area contributed by atoms with Crippen LogP contribution in [0.1, 0.15) is 16.5 Å². The standard InChI is InChI=1S/C15H17FN4S/c1-10-17-12(9-21-10)8-20(2)6-5-15-18-13-4-3-11(16)7-14(13)19-15/h3-4,7,9H,5-6,8H2,1-2H3,(H,18,19). The second-order valence-corrected chi connectivity index (χ2v) is 6.25. The maximum Gasteiger partial charge on any atom is 0.125 e. The minimum absolute atomic E-state index is 0.242. The van der Waals surface area contributed by atoms with Crippen LogP contribution in [0.25, 0.3) is 11.0 Å². The Bertz CT molecular complexity index is 749. The minimum Gasteiger partial charge on any atom is -0.342 e. The highest BCUT2D eigenvalue weighted by Crippen LogP contribution is 2.14. The zero-order chi connectivity index (χ0) is 14.8. The third-order valence-electron chi connectivity index (χ3n) is 3.32. The second kappa shape index (κ2) is 5.91. The van der Waals surface area contributed by atoms with E-state index in [1.165, 1.54) is 12.1 Å². The zero-order valence-corrected chi connectivity index (χ0v) is 12.9. The Kier molecular flexibility index (Phi) is 3.98. The van der Waals surface area contributed by atoms with Crippen LogP contribution in [0, 0.1) is 12.7 Å². The van der Waals surface area contributed by atoms with Gasteiger partial charge in [0.25, 0.3) is 0 Å². The summed E-state index contributed by atoms with van der Waals surface area (Å²) >= 11 is 1.67. The molecule has 2 heterocycles. The average Bonchev–Trinajstić information content (AvgIpc) is 3.02. The van der Waals surface area contributed by atoms with Crippen molar-refractivity contribution in [3.05, 3.63) is 45.9 Å². The molecule has 0 bridgehead atoms. The highest BCUT2D eigenvalue weighted by atomic mass is 32.1. The van der Waals surface area contributed by atoms with Crippen LogP contribution in [0.15, 0.2) is 23.6 Å². The molecule has 3 rings (SSSR count). The molecular weight excluding hydrogens is 287 g/mol. The van der Waals surface area contributed by atoms with E-state index < -0.39 is 0 Å². The number of hydrogen-bond donors (Lipinski definition) is 1. The molecule has 4 nitrogen and oxygen atoms in total. The summed E-state index contributed by atoms with van der Waals surface area (Å²) in [5.74, 6) is 0.644. The number of hydrogen-bond acceptors (Lipinski definition) is 4. The van der Waals surface area contributed by atoms with Crippen molar-refractivity contribution in [2.24, 2.45) is 0 Å². The Labute approximate surface area is 126 Å². The first-order valence-corrected chi connectivity index (χ1v) is 7.72. The van der Waals surface area contributed by atoms with E-state index in [9.17, 15) is 4.39 Å². The van der Waals surface area contributed by atoms with Gasteiger partial charge >= 0.3 is 0 Å². The number of thiazole rings is 1. The Morgan fingerprint density at radius 3 is 2.95 bits per heavy atom. The van der Waals surface area contributed by atoms with Gasteiger partial charge in [-0.05, 0) is 32.2 Å². The predicted octanol–water partition coefficient (Wildman–Crippen LogP) is 3.14. The van der Waals surface area contributed by atoms with Crippen molar-refractivity contribution >= 4 is 22.4 Å². The van der Waals surface area contributed by atoms with Gasteiger partial charge in [-0.15, -0.1) is 11.3 Å². The first-order valence-electron chi connectivity index (χ1n) is 6.84. The molecular formula is C15H17FN4S. The summed E-state index contributed by atoms with van der Waals surface area (Å²) in [4.78, 5) is 14.3. The van der Waals surface area contributed by atoms with E-state index in [0.29, 0.717) is 0 Å². The molecule has 0 aliphatic carbocycles. The van der Waals surface area contributed by atoms with Crippen molar-refractivity contribution in [3.63, 3.8) is 0 Å². The summed E-state index contributed by atoms with van der Waals surface area (Å²) in [7, 11) is 2.07. The van der Waals surface area contributed by atoms with Gasteiger partial charge in [0.1, 0.15) is 11.6 Å². The first-order chi connectivity index (χ1) is 10.1. The van der Waals surface area contributed by atoms with Gasteiger partial charge in [-0.3, -0.25) is 0 Å². The molecule has 110 valence electrons. The van der Waals surface area contributed by atoms with Gasteiger partial charge in [0.15, 0.2) is 0 Å². The number of benzene rings is 1. The number of H-pyrrole nitrogens is 1. The molecule has 6 heteroatoms. The number of aromatic amines is 1. The largest absolute Gasteiger partial charge is 0.342 e. The number of aromatic nitrogens is 3. The van der Waals surface area contributed by atoms with Crippen LogP contribution < -0.4 is 0 Å². The highest BCUT2D eigenvalue weighted by molar-refractivity contribution is 7.09. The van der Waals surface area contributed by atoms with E-state index in [-0.39, 0.29) is 5.82 Å². The molecule has 0 radical (unpaired) electrons. The highest BCUT2D eigenvalue weighted by Gasteiger charge is 2.07. The van der Waals surface area contributed by atoms with Crippen molar-refractivity contribution in [2.45, 2.75) is 19.9 Å². The average molecular weight is 304 g/mol. The molecule has 0 amide bonds. The van der Waals surface area contributed by atoms with Crippen molar-refractivity contribution in [2.75, 3.05) is 13.6 Å². The summed E-state index contributed by atoms with van der Waals surface area (Å²) < 4.78 is 13.1. The Hall–Kier alpha value is -1.79. The van der Waals surface area contributed by atoms with Gasteiger partial charge in [0.05, 0.1) is 21.7 Å². The zero-order valence-electron chi connectivity index (χ0n) is 12.1. The minimum atomic E-state index is -0.242. The number of rotatable bonds is 5. The van der Waals surface area contributed by atoms with E-state index in [4.69, 9.17) is 0 Å².